The van der Waals surface area contributed by atoms with Gasteiger partial charge in [0.1, 0.15) is 5.76 Å². The Labute approximate surface area is 140 Å². The van der Waals surface area contributed by atoms with E-state index in [-0.39, 0.29) is 11.8 Å². The molecule has 6 heteroatoms. The molecular formula is C17H20ClN3O2. The van der Waals surface area contributed by atoms with Crippen LogP contribution in [0.5, 0.6) is 0 Å². The van der Waals surface area contributed by atoms with Crippen molar-refractivity contribution in [2.75, 3.05) is 25.5 Å². The van der Waals surface area contributed by atoms with Crippen LogP contribution in [0.1, 0.15) is 29.2 Å². The lowest BCUT2D eigenvalue weighted by molar-refractivity contribution is -0.129. The molecule has 0 saturated carbocycles. The Kier molecular flexibility index (Phi) is 4.31. The summed E-state index contributed by atoms with van der Waals surface area (Å²) < 4.78 is 5.15. The van der Waals surface area contributed by atoms with Crippen molar-refractivity contribution in [3.8, 4) is 0 Å². The number of halogens is 1. The Bertz CT molecular complexity index is 726. The predicted octanol–water partition coefficient (Wildman–Crippen LogP) is 3.22. The van der Waals surface area contributed by atoms with Crippen molar-refractivity contribution in [1.29, 1.82) is 0 Å². The second-order valence-corrected chi connectivity index (χ2v) is 6.62. The van der Waals surface area contributed by atoms with Crippen LogP contribution in [0.2, 0.25) is 5.02 Å². The summed E-state index contributed by atoms with van der Waals surface area (Å²) in [6.45, 7) is 3.42. The molecule has 1 aromatic heterocycles. The Morgan fingerprint density at radius 1 is 1.48 bits per heavy atom. The molecular weight excluding hydrogens is 314 g/mol. The Balaban J connectivity index is 1.87. The standard InChI is InChI=1S/C17H20ClN3O2/c1-11-13(8-19-23-11)10-21-9-12(6-17(22)20(2)3)15-7-14(18)4-5-16(15)21/h4-5,7-8,12H,6,9-10H2,1-3H3. The van der Waals surface area contributed by atoms with Gasteiger partial charge in [-0.25, -0.2) is 0 Å². The van der Waals surface area contributed by atoms with Gasteiger partial charge in [-0.15, -0.1) is 0 Å². The smallest absolute Gasteiger partial charge is 0.222 e. The number of amides is 1. The Hall–Kier alpha value is -2.01. The van der Waals surface area contributed by atoms with E-state index in [9.17, 15) is 4.79 Å². The van der Waals surface area contributed by atoms with Gasteiger partial charge in [-0.1, -0.05) is 16.8 Å². The maximum absolute atomic E-state index is 12.1. The van der Waals surface area contributed by atoms with E-state index in [2.05, 4.69) is 10.1 Å². The van der Waals surface area contributed by atoms with Gasteiger partial charge in [0.2, 0.25) is 5.91 Å². The quantitative estimate of drug-likeness (QED) is 0.862. The van der Waals surface area contributed by atoms with Gasteiger partial charge >= 0.3 is 0 Å². The van der Waals surface area contributed by atoms with E-state index >= 15 is 0 Å². The third-order valence-corrected chi connectivity index (χ3v) is 4.58. The molecule has 2 aromatic rings. The zero-order valence-electron chi connectivity index (χ0n) is 13.5. The molecule has 122 valence electrons. The topological polar surface area (TPSA) is 49.6 Å². The van der Waals surface area contributed by atoms with Crippen molar-refractivity contribution >= 4 is 23.2 Å². The fourth-order valence-electron chi connectivity index (χ4n) is 3.00. The van der Waals surface area contributed by atoms with Crippen molar-refractivity contribution in [3.63, 3.8) is 0 Å². The zero-order valence-corrected chi connectivity index (χ0v) is 14.3. The first-order chi connectivity index (χ1) is 11.0. The van der Waals surface area contributed by atoms with Gasteiger partial charge in [0.05, 0.1) is 6.20 Å². The average molecular weight is 334 g/mol. The van der Waals surface area contributed by atoms with Gasteiger partial charge in [-0.05, 0) is 30.7 Å². The Morgan fingerprint density at radius 3 is 2.91 bits per heavy atom. The fraction of sp³-hybridized carbons (Fsp3) is 0.412. The number of carbonyl (C=O) groups excluding carboxylic acids is 1. The summed E-state index contributed by atoms with van der Waals surface area (Å²) >= 11 is 6.16. The molecule has 1 unspecified atom stereocenters. The molecule has 0 aliphatic carbocycles. The number of aryl methyl sites for hydroxylation is 1. The van der Waals surface area contributed by atoms with Crippen LogP contribution < -0.4 is 4.90 Å². The second-order valence-electron chi connectivity index (χ2n) is 6.18. The van der Waals surface area contributed by atoms with Gasteiger partial charge in [0, 0.05) is 55.8 Å². The largest absolute Gasteiger partial charge is 0.366 e. The van der Waals surface area contributed by atoms with Crippen LogP contribution in [0.15, 0.2) is 28.9 Å². The van der Waals surface area contributed by atoms with Crippen LogP contribution in [0.3, 0.4) is 0 Å². The first kappa shape index (κ1) is 15.9. The van der Waals surface area contributed by atoms with E-state index in [0.29, 0.717) is 11.4 Å². The number of rotatable bonds is 4. The van der Waals surface area contributed by atoms with Crippen LogP contribution in [0.4, 0.5) is 5.69 Å². The molecule has 1 aromatic carbocycles. The minimum atomic E-state index is 0.129. The molecule has 0 fully saturated rings. The van der Waals surface area contributed by atoms with Crippen molar-refractivity contribution in [2.45, 2.75) is 25.8 Å². The molecule has 1 amide bonds. The highest BCUT2D eigenvalue weighted by molar-refractivity contribution is 6.30. The van der Waals surface area contributed by atoms with Gasteiger partial charge < -0.3 is 14.3 Å². The van der Waals surface area contributed by atoms with Crippen LogP contribution in [-0.4, -0.2) is 36.6 Å². The number of hydrogen-bond donors (Lipinski definition) is 0. The minimum Gasteiger partial charge on any atom is -0.366 e. The normalized spacial score (nSPS) is 16.5. The minimum absolute atomic E-state index is 0.129. The number of anilines is 1. The second kappa shape index (κ2) is 6.24. The van der Waals surface area contributed by atoms with Gasteiger partial charge in [0.25, 0.3) is 0 Å². The van der Waals surface area contributed by atoms with Crippen LogP contribution >= 0.6 is 11.6 Å². The average Bonchev–Trinajstić information content (AvgIpc) is 3.04. The fourth-order valence-corrected chi connectivity index (χ4v) is 3.18. The van der Waals surface area contributed by atoms with Gasteiger partial charge in [-0.3, -0.25) is 4.79 Å². The summed E-state index contributed by atoms with van der Waals surface area (Å²) in [6, 6.07) is 5.90. The summed E-state index contributed by atoms with van der Waals surface area (Å²) in [5.74, 6) is 1.11. The van der Waals surface area contributed by atoms with Crippen molar-refractivity contribution < 1.29 is 9.32 Å². The number of hydrogen-bond acceptors (Lipinski definition) is 4. The highest BCUT2D eigenvalue weighted by Gasteiger charge is 2.31. The van der Waals surface area contributed by atoms with Crippen molar-refractivity contribution in [3.05, 3.63) is 46.3 Å². The third-order valence-electron chi connectivity index (χ3n) is 4.34. The molecule has 0 radical (unpaired) electrons. The maximum Gasteiger partial charge on any atom is 0.222 e. The highest BCUT2D eigenvalue weighted by atomic mass is 35.5. The number of fused-ring (bicyclic) bond motifs is 1. The predicted molar refractivity (Wildman–Crippen MR) is 89.8 cm³/mol. The molecule has 0 N–H and O–H groups in total. The van der Waals surface area contributed by atoms with Crippen LogP contribution in [0, 0.1) is 6.92 Å². The van der Waals surface area contributed by atoms with E-state index in [1.165, 1.54) is 0 Å². The van der Waals surface area contributed by atoms with E-state index in [1.807, 2.05) is 25.1 Å². The molecule has 23 heavy (non-hydrogen) atoms. The molecule has 0 bridgehead atoms. The molecule has 5 nitrogen and oxygen atoms in total. The molecule has 1 aliphatic heterocycles. The molecule has 2 heterocycles. The van der Waals surface area contributed by atoms with Crippen LogP contribution in [-0.2, 0) is 11.3 Å². The molecule has 0 saturated heterocycles. The number of nitrogens with zero attached hydrogens (tertiary/aromatic N) is 3. The molecule has 0 spiro atoms. The van der Waals surface area contributed by atoms with Crippen molar-refractivity contribution in [2.24, 2.45) is 0 Å². The van der Waals surface area contributed by atoms with E-state index in [4.69, 9.17) is 16.1 Å². The van der Waals surface area contributed by atoms with Crippen LogP contribution in [0.25, 0.3) is 0 Å². The molecule has 1 aliphatic rings. The van der Waals surface area contributed by atoms with Gasteiger partial charge in [-0.2, -0.15) is 0 Å². The van der Waals surface area contributed by atoms with Crippen molar-refractivity contribution in [1.82, 2.24) is 10.1 Å². The lowest BCUT2D eigenvalue weighted by atomic mass is 9.97. The van der Waals surface area contributed by atoms with E-state index in [0.717, 1.165) is 35.7 Å². The summed E-state index contributed by atoms with van der Waals surface area (Å²) in [4.78, 5) is 16.0. The van der Waals surface area contributed by atoms with Gasteiger partial charge in [0.15, 0.2) is 0 Å². The Morgan fingerprint density at radius 2 is 2.26 bits per heavy atom. The number of carbonyl (C=O) groups is 1. The summed E-state index contributed by atoms with van der Waals surface area (Å²) in [7, 11) is 3.57. The lowest BCUT2D eigenvalue weighted by Gasteiger charge is -2.19. The number of benzene rings is 1. The first-order valence-electron chi connectivity index (χ1n) is 7.60. The van der Waals surface area contributed by atoms with E-state index < -0.39 is 0 Å². The SMILES string of the molecule is Cc1oncc1CN1CC(CC(=O)N(C)C)c2cc(Cl)ccc21. The number of aromatic nitrogens is 1. The maximum atomic E-state index is 12.1. The lowest BCUT2D eigenvalue weighted by Crippen LogP contribution is -2.26. The highest BCUT2D eigenvalue weighted by Crippen LogP contribution is 2.40. The summed E-state index contributed by atoms with van der Waals surface area (Å²) in [6.07, 6.45) is 2.24. The first-order valence-corrected chi connectivity index (χ1v) is 7.98. The third kappa shape index (κ3) is 3.20. The monoisotopic (exact) mass is 333 g/mol. The summed E-state index contributed by atoms with van der Waals surface area (Å²) in [5.41, 5.74) is 3.33. The molecule has 3 rings (SSSR count). The zero-order chi connectivity index (χ0) is 16.6. The summed E-state index contributed by atoms with van der Waals surface area (Å²) in [5, 5.41) is 4.54. The molecule has 1 atom stereocenters. The van der Waals surface area contributed by atoms with E-state index in [1.54, 1.807) is 25.2 Å².